The maximum Gasteiger partial charge on any atom is 0.324 e. The molecule has 1 N–H and O–H groups in total. The van der Waals surface area contributed by atoms with Gasteiger partial charge in [0.15, 0.2) is 0 Å². The highest BCUT2D eigenvalue weighted by Gasteiger charge is 2.14. The molecular weight excluding hydrogens is 252 g/mol. The van der Waals surface area contributed by atoms with Gasteiger partial charge in [-0.2, -0.15) is 0 Å². The smallest absolute Gasteiger partial charge is 0.324 e. The predicted octanol–water partition coefficient (Wildman–Crippen LogP) is 2.18. The lowest BCUT2D eigenvalue weighted by atomic mass is 10.4. The van der Waals surface area contributed by atoms with Crippen molar-refractivity contribution < 1.29 is 9.72 Å². The van der Waals surface area contributed by atoms with E-state index < -0.39 is 4.92 Å². The lowest BCUT2D eigenvalue weighted by Gasteiger charge is -1.97. The van der Waals surface area contributed by atoms with Crippen molar-refractivity contribution in [2.75, 3.05) is 12.4 Å². The quantitative estimate of drug-likeness (QED) is 0.382. The zero-order chi connectivity index (χ0) is 12.0. The third kappa shape index (κ3) is 3.63. The maximum absolute atomic E-state index is 11.5. The minimum atomic E-state index is -0.519. The molecule has 86 valence electrons. The Morgan fingerprint density at radius 1 is 1.56 bits per heavy atom. The molecule has 0 saturated carbocycles. The first-order chi connectivity index (χ1) is 7.65. The number of thiophene rings is 1. The van der Waals surface area contributed by atoms with Crippen LogP contribution < -0.4 is 5.32 Å². The monoisotopic (exact) mass is 260 g/mol. The number of nitrogens with one attached hydrogen (secondary N) is 1. The summed E-state index contributed by atoms with van der Waals surface area (Å²) in [5, 5.41) is 12.9. The second-order valence-corrected chi connectivity index (χ2v) is 4.10. The van der Waals surface area contributed by atoms with Crippen LogP contribution in [0.25, 0.3) is 0 Å². The van der Waals surface area contributed by atoms with Crippen LogP contribution in [0.3, 0.4) is 0 Å². The third-order valence-electron chi connectivity index (χ3n) is 1.63. The molecule has 0 saturated heterocycles. The molecule has 1 aromatic rings. The van der Waals surface area contributed by atoms with Crippen molar-refractivity contribution in [1.29, 1.82) is 0 Å². The van der Waals surface area contributed by atoms with Crippen LogP contribution in [0.2, 0.25) is 0 Å². The number of hydrogen-bond acceptors (Lipinski definition) is 4. The van der Waals surface area contributed by atoms with Crippen molar-refractivity contribution in [3.05, 3.63) is 39.3 Å². The van der Waals surface area contributed by atoms with E-state index in [0.717, 1.165) is 11.3 Å². The minimum Gasteiger partial charge on any atom is -0.348 e. The first-order valence-corrected chi connectivity index (χ1v) is 5.73. The van der Waals surface area contributed by atoms with Gasteiger partial charge in [0.25, 0.3) is 5.91 Å². The molecule has 0 unspecified atom stereocenters. The molecule has 16 heavy (non-hydrogen) atoms. The fourth-order valence-corrected chi connectivity index (χ4v) is 1.80. The predicted molar refractivity (Wildman–Crippen MR) is 63.2 cm³/mol. The van der Waals surface area contributed by atoms with E-state index in [4.69, 9.17) is 11.6 Å². The number of alkyl halides is 1. The SMILES string of the molecule is O=C(NC/C=C/CCl)c1ccc([N+](=O)[O-])s1. The Hall–Kier alpha value is -1.40. The van der Waals surface area contributed by atoms with Crippen molar-refractivity contribution in [2.24, 2.45) is 0 Å². The normalized spacial score (nSPS) is 10.6. The van der Waals surface area contributed by atoms with Crippen LogP contribution in [0.4, 0.5) is 5.00 Å². The molecule has 0 aromatic carbocycles. The number of allylic oxidation sites excluding steroid dienone is 1. The van der Waals surface area contributed by atoms with Crippen molar-refractivity contribution in [2.45, 2.75) is 0 Å². The van der Waals surface area contributed by atoms with Crippen LogP contribution in [-0.4, -0.2) is 23.3 Å². The average molecular weight is 261 g/mol. The van der Waals surface area contributed by atoms with Crippen LogP contribution >= 0.6 is 22.9 Å². The van der Waals surface area contributed by atoms with Gasteiger partial charge in [0.05, 0.1) is 9.80 Å². The standard InChI is InChI=1S/C9H9ClN2O3S/c10-5-1-2-6-11-9(13)7-3-4-8(16-7)12(14)15/h1-4H,5-6H2,(H,11,13)/b2-1+. The average Bonchev–Trinajstić information content (AvgIpc) is 2.73. The molecule has 0 atom stereocenters. The number of amides is 1. The topological polar surface area (TPSA) is 72.2 Å². The van der Waals surface area contributed by atoms with Crippen LogP contribution in [0.5, 0.6) is 0 Å². The van der Waals surface area contributed by atoms with Crippen molar-refractivity contribution in [3.8, 4) is 0 Å². The number of carbonyl (C=O) groups excluding carboxylic acids is 1. The molecule has 5 nitrogen and oxygen atoms in total. The lowest BCUT2D eigenvalue weighted by Crippen LogP contribution is -2.22. The number of rotatable bonds is 5. The molecule has 1 amide bonds. The Kier molecular flexibility index (Phi) is 4.94. The van der Waals surface area contributed by atoms with Crippen molar-refractivity contribution >= 4 is 33.8 Å². The van der Waals surface area contributed by atoms with Gasteiger partial charge in [0.1, 0.15) is 0 Å². The first-order valence-electron chi connectivity index (χ1n) is 4.38. The summed E-state index contributed by atoms with van der Waals surface area (Å²) >= 11 is 6.25. The summed E-state index contributed by atoms with van der Waals surface area (Å²) in [6, 6.07) is 2.75. The van der Waals surface area contributed by atoms with Gasteiger partial charge in [-0.1, -0.05) is 23.5 Å². The molecule has 0 radical (unpaired) electrons. The number of nitrogens with zero attached hydrogens (tertiary/aromatic N) is 1. The van der Waals surface area contributed by atoms with Gasteiger partial charge in [-0.05, 0) is 6.07 Å². The summed E-state index contributed by atoms with van der Waals surface area (Å²) in [5.41, 5.74) is 0. The summed E-state index contributed by atoms with van der Waals surface area (Å²) < 4.78 is 0. The number of carbonyl (C=O) groups is 1. The number of halogens is 1. The third-order valence-corrected chi connectivity index (χ3v) is 2.85. The summed E-state index contributed by atoms with van der Waals surface area (Å²) in [4.78, 5) is 21.7. The van der Waals surface area contributed by atoms with Crippen LogP contribution in [0.1, 0.15) is 9.67 Å². The van der Waals surface area contributed by atoms with E-state index in [1.54, 1.807) is 12.2 Å². The Labute approximate surface area is 101 Å². The number of hydrogen-bond donors (Lipinski definition) is 1. The molecular formula is C9H9ClN2O3S. The van der Waals surface area contributed by atoms with Gasteiger partial charge in [0.2, 0.25) is 0 Å². The van der Waals surface area contributed by atoms with Gasteiger partial charge in [-0.25, -0.2) is 0 Å². The molecule has 0 bridgehead atoms. The molecule has 1 heterocycles. The van der Waals surface area contributed by atoms with Crippen LogP contribution in [0.15, 0.2) is 24.3 Å². The van der Waals surface area contributed by atoms with Crippen molar-refractivity contribution in [3.63, 3.8) is 0 Å². The Bertz CT molecular complexity index is 417. The maximum atomic E-state index is 11.5. The molecule has 0 spiro atoms. The second kappa shape index (κ2) is 6.24. The highest BCUT2D eigenvalue weighted by Crippen LogP contribution is 2.23. The van der Waals surface area contributed by atoms with Gasteiger partial charge >= 0.3 is 5.00 Å². The molecule has 1 aromatic heterocycles. The summed E-state index contributed by atoms with van der Waals surface area (Å²) in [7, 11) is 0. The minimum absolute atomic E-state index is 0.0403. The van der Waals surface area contributed by atoms with E-state index in [2.05, 4.69) is 5.32 Å². The molecule has 7 heteroatoms. The highest BCUT2D eigenvalue weighted by atomic mass is 35.5. The van der Waals surface area contributed by atoms with E-state index in [-0.39, 0.29) is 10.9 Å². The van der Waals surface area contributed by atoms with Crippen LogP contribution in [-0.2, 0) is 0 Å². The van der Waals surface area contributed by atoms with E-state index in [1.807, 2.05) is 0 Å². The van der Waals surface area contributed by atoms with E-state index >= 15 is 0 Å². The highest BCUT2D eigenvalue weighted by molar-refractivity contribution is 7.17. The summed E-state index contributed by atoms with van der Waals surface area (Å²) in [6.45, 7) is 0.358. The number of nitro groups is 1. The van der Waals surface area contributed by atoms with Gasteiger partial charge in [-0.15, -0.1) is 11.6 Å². The van der Waals surface area contributed by atoms with Gasteiger partial charge in [-0.3, -0.25) is 14.9 Å². The largest absolute Gasteiger partial charge is 0.348 e. The van der Waals surface area contributed by atoms with Crippen molar-refractivity contribution in [1.82, 2.24) is 5.32 Å². The van der Waals surface area contributed by atoms with E-state index in [1.165, 1.54) is 12.1 Å². The molecule has 0 aliphatic rings. The zero-order valence-corrected chi connectivity index (χ0v) is 9.75. The summed E-state index contributed by atoms with van der Waals surface area (Å²) in [5.74, 6) is 0.0673. The Balaban J connectivity index is 2.53. The van der Waals surface area contributed by atoms with Gasteiger partial charge in [0, 0.05) is 18.5 Å². The van der Waals surface area contributed by atoms with Crippen LogP contribution in [0, 0.1) is 10.1 Å². The Morgan fingerprint density at radius 2 is 2.31 bits per heavy atom. The summed E-state index contributed by atoms with van der Waals surface area (Å²) in [6.07, 6.45) is 3.42. The second-order valence-electron chi connectivity index (χ2n) is 2.73. The molecule has 1 rings (SSSR count). The zero-order valence-electron chi connectivity index (χ0n) is 8.18. The fourth-order valence-electron chi connectivity index (χ4n) is 0.933. The van der Waals surface area contributed by atoms with E-state index in [9.17, 15) is 14.9 Å². The van der Waals surface area contributed by atoms with E-state index in [0.29, 0.717) is 17.3 Å². The lowest BCUT2D eigenvalue weighted by molar-refractivity contribution is -0.380. The molecule has 0 aliphatic heterocycles. The molecule has 0 fully saturated rings. The fraction of sp³-hybridized carbons (Fsp3) is 0.222. The first kappa shape index (κ1) is 12.7. The van der Waals surface area contributed by atoms with Gasteiger partial charge < -0.3 is 5.32 Å². The molecule has 0 aliphatic carbocycles. The Morgan fingerprint density at radius 3 is 2.88 bits per heavy atom.